The summed E-state index contributed by atoms with van der Waals surface area (Å²) in [6, 6.07) is 10.5. The Morgan fingerprint density at radius 3 is 2.61 bits per heavy atom. The molecule has 2 aliphatic rings. The van der Waals surface area contributed by atoms with Crippen molar-refractivity contribution in [2.45, 2.75) is 78.9 Å². The molecule has 180 valence electrons. The van der Waals surface area contributed by atoms with E-state index in [1.165, 1.54) is 12.8 Å². The SMILES string of the molecule is CCOC(=O)C1CCCN(Cc2ccc3cc(O[C@H]4CC[C@H](C(C)(C)C)CC4)ccc3n2)C1. The van der Waals surface area contributed by atoms with Gasteiger partial charge in [-0.1, -0.05) is 26.8 Å². The Hall–Kier alpha value is -2.14. The van der Waals surface area contributed by atoms with Gasteiger partial charge in [0.05, 0.1) is 29.8 Å². The summed E-state index contributed by atoms with van der Waals surface area (Å²) in [7, 11) is 0. The highest BCUT2D eigenvalue weighted by Gasteiger charge is 2.30. The number of rotatable bonds is 6. The van der Waals surface area contributed by atoms with Gasteiger partial charge in [-0.3, -0.25) is 14.7 Å². The van der Waals surface area contributed by atoms with Crippen LogP contribution in [0.5, 0.6) is 5.75 Å². The van der Waals surface area contributed by atoms with Crippen LogP contribution in [-0.4, -0.2) is 41.7 Å². The third-order valence-corrected chi connectivity index (χ3v) is 7.43. The second-order valence-electron chi connectivity index (χ2n) is 10.9. The monoisotopic (exact) mass is 452 g/mol. The van der Waals surface area contributed by atoms with Crippen molar-refractivity contribution in [1.82, 2.24) is 9.88 Å². The van der Waals surface area contributed by atoms with E-state index in [9.17, 15) is 4.79 Å². The molecule has 2 fully saturated rings. The molecule has 5 heteroatoms. The van der Waals surface area contributed by atoms with Crippen molar-refractivity contribution in [1.29, 1.82) is 0 Å². The number of esters is 1. The Labute approximate surface area is 198 Å². The number of aromatic nitrogens is 1. The highest BCUT2D eigenvalue weighted by Crippen LogP contribution is 2.39. The first-order valence-electron chi connectivity index (χ1n) is 12.8. The van der Waals surface area contributed by atoms with Gasteiger partial charge in [-0.15, -0.1) is 0 Å². The summed E-state index contributed by atoms with van der Waals surface area (Å²) in [5.74, 6) is 1.67. The second-order valence-corrected chi connectivity index (χ2v) is 10.9. The topological polar surface area (TPSA) is 51.7 Å². The first-order valence-corrected chi connectivity index (χ1v) is 12.8. The highest BCUT2D eigenvalue weighted by atomic mass is 16.5. The molecule has 0 spiro atoms. The average Bonchev–Trinajstić information content (AvgIpc) is 2.79. The number of piperidine rings is 1. The van der Waals surface area contributed by atoms with Gasteiger partial charge in [0.25, 0.3) is 0 Å². The summed E-state index contributed by atoms with van der Waals surface area (Å²) < 4.78 is 11.6. The van der Waals surface area contributed by atoms with Crippen molar-refractivity contribution >= 4 is 16.9 Å². The standard InChI is InChI=1S/C28H40N2O3/c1-5-32-27(31)21-7-6-16-30(18-21)19-23-11-8-20-17-25(14-15-26(20)29-23)33-24-12-9-22(10-13-24)28(2,3)4/h8,11,14-15,17,21-22,24H,5-7,9-10,12-13,16,18-19H2,1-4H3/t21?,22-,24-. The van der Waals surface area contributed by atoms with Crippen LogP contribution in [-0.2, 0) is 16.1 Å². The predicted molar refractivity (Wildman–Crippen MR) is 132 cm³/mol. The molecular formula is C28H40N2O3. The fraction of sp³-hybridized carbons (Fsp3) is 0.643. The fourth-order valence-electron chi connectivity index (χ4n) is 5.43. The fourth-order valence-corrected chi connectivity index (χ4v) is 5.43. The number of benzene rings is 1. The van der Waals surface area contributed by atoms with E-state index < -0.39 is 0 Å². The first-order chi connectivity index (χ1) is 15.8. The number of likely N-dealkylation sites (tertiary alicyclic amines) is 1. The third kappa shape index (κ3) is 6.26. The van der Waals surface area contributed by atoms with Crippen molar-refractivity contribution in [2.75, 3.05) is 19.7 Å². The second kappa shape index (κ2) is 10.4. The van der Waals surface area contributed by atoms with Crippen LogP contribution >= 0.6 is 0 Å². The van der Waals surface area contributed by atoms with Crippen molar-refractivity contribution in [2.24, 2.45) is 17.3 Å². The minimum atomic E-state index is -0.0620. The lowest BCUT2D eigenvalue weighted by Gasteiger charge is -2.36. The smallest absolute Gasteiger partial charge is 0.310 e. The van der Waals surface area contributed by atoms with Crippen LogP contribution in [0.2, 0.25) is 0 Å². The number of pyridine rings is 1. The summed E-state index contributed by atoms with van der Waals surface area (Å²) in [6.07, 6.45) is 7.04. The Bertz CT molecular complexity index is 944. The molecule has 0 bridgehead atoms. The summed E-state index contributed by atoms with van der Waals surface area (Å²) >= 11 is 0. The van der Waals surface area contributed by atoms with E-state index in [2.05, 4.69) is 56.0 Å². The van der Waals surface area contributed by atoms with E-state index in [1.54, 1.807) is 0 Å². The molecule has 1 saturated heterocycles. The van der Waals surface area contributed by atoms with Gasteiger partial charge in [-0.2, -0.15) is 0 Å². The van der Waals surface area contributed by atoms with Crippen LogP contribution in [0.3, 0.4) is 0 Å². The van der Waals surface area contributed by atoms with Crippen LogP contribution in [0.15, 0.2) is 30.3 Å². The molecule has 1 aromatic heterocycles. The minimum Gasteiger partial charge on any atom is -0.490 e. The zero-order chi connectivity index (χ0) is 23.4. The molecule has 1 atom stereocenters. The molecule has 0 radical (unpaired) electrons. The molecule has 4 rings (SSSR count). The van der Waals surface area contributed by atoms with Gasteiger partial charge in [0.1, 0.15) is 5.75 Å². The molecule has 2 aromatic rings. The van der Waals surface area contributed by atoms with E-state index in [1.807, 2.05) is 6.92 Å². The molecular weight excluding hydrogens is 412 g/mol. The summed E-state index contributed by atoms with van der Waals surface area (Å²) in [5, 5.41) is 1.11. The van der Waals surface area contributed by atoms with Crippen molar-refractivity contribution in [3.8, 4) is 5.75 Å². The number of ether oxygens (including phenoxy) is 2. The van der Waals surface area contributed by atoms with Gasteiger partial charge in [-0.25, -0.2) is 0 Å². The van der Waals surface area contributed by atoms with Crippen LogP contribution in [0.1, 0.15) is 71.9 Å². The molecule has 0 amide bonds. The first kappa shape index (κ1) is 24.0. The van der Waals surface area contributed by atoms with Crippen LogP contribution in [0.25, 0.3) is 10.9 Å². The number of nitrogens with zero attached hydrogens (tertiary/aromatic N) is 2. The zero-order valence-electron chi connectivity index (χ0n) is 20.8. The molecule has 2 heterocycles. The number of hydrogen-bond acceptors (Lipinski definition) is 5. The average molecular weight is 453 g/mol. The van der Waals surface area contributed by atoms with Crippen LogP contribution < -0.4 is 4.74 Å². The Morgan fingerprint density at radius 1 is 1.09 bits per heavy atom. The highest BCUT2D eigenvalue weighted by molar-refractivity contribution is 5.80. The van der Waals surface area contributed by atoms with E-state index >= 15 is 0 Å². The van der Waals surface area contributed by atoms with Crippen LogP contribution in [0, 0.1) is 17.3 Å². The summed E-state index contributed by atoms with van der Waals surface area (Å²) in [6.45, 7) is 11.9. The zero-order valence-corrected chi connectivity index (χ0v) is 20.8. The minimum absolute atomic E-state index is 0.0164. The Balaban J connectivity index is 1.35. The molecule has 1 aliphatic heterocycles. The van der Waals surface area contributed by atoms with Crippen LogP contribution in [0.4, 0.5) is 0 Å². The van der Waals surface area contributed by atoms with Gasteiger partial charge >= 0.3 is 5.97 Å². The summed E-state index contributed by atoms with van der Waals surface area (Å²) in [5.41, 5.74) is 2.43. The van der Waals surface area contributed by atoms with Crippen molar-refractivity contribution < 1.29 is 14.3 Å². The molecule has 1 saturated carbocycles. The molecule has 0 N–H and O–H groups in total. The van der Waals surface area contributed by atoms with Gasteiger partial charge in [0.15, 0.2) is 0 Å². The maximum atomic E-state index is 12.1. The Morgan fingerprint density at radius 2 is 1.88 bits per heavy atom. The number of carbonyl (C=O) groups is 1. The van der Waals surface area contributed by atoms with Gasteiger partial charge in [0.2, 0.25) is 0 Å². The van der Waals surface area contributed by atoms with E-state index in [4.69, 9.17) is 14.5 Å². The predicted octanol–water partition coefficient (Wildman–Crippen LogP) is 5.99. The number of fused-ring (bicyclic) bond motifs is 1. The van der Waals surface area contributed by atoms with Gasteiger partial charge in [0, 0.05) is 18.5 Å². The normalized spacial score (nSPS) is 24.5. The quantitative estimate of drug-likeness (QED) is 0.504. The number of carbonyl (C=O) groups excluding carboxylic acids is 1. The lowest BCUT2D eigenvalue weighted by molar-refractivity contribution is -0.150. The van der Waals surface area contributed by atoms with Gasteiger partial charge < -0.3 is 9.47 Å². The lowest BCUT2D eigenvalue weighted by atomic mass is 9.72. The number of hydrogen-bond donors (Lipinski definition) is 0. The largest absolute Gasteiger partial charge is 0.490 e. The maximum Gasteiger partial charge on any atom is 0.310 e. The molecule has 1 aliphatic carbocycles. The Kier molecular flexibility index (Phi) is 7.58. The van der Waals surface area contributed by atoms with E-state index in [0.29, 0.717) is 18.1 Å². The molecule has 33 heavy (non-hydrogen) atoms. The summed E-state index contributed by atoms with van der Waals surface area (Å²) in [4.78, 5) is 19.3. The maximum absolute atomic E-state index is 12.1. The van der Waals surface area contributed by atoms with Gasteiger partial charge in [-0.05, 0) is 87.6 Å². The van der Waals surface area contributed by atoms with Crippen molar-refractivity contribution in [3.05, 3.63) is 36.0 Å². The van der Waals surface area contributed by atoms with E-state index in [0.717, 1.165) is 73.6 Å². The lowest BCUT2D eigenvalue weighted by Crippen LogP contribution is -2.39. The third-order valence-electron chi connectivity index (χ3n) is 7.43. The molecule has 1 aromatic carbocycles. The molecule has 5 nitrogen and oxygen atoms in total. The van der Waals surface area contributed by atoms with E-state index in [-0.39, 0.29) is 11.9 Å². The van der Waals surface area contributed by atoms with Crippen molar-refractivity contribution in [3.63, 3.8) is 0 Å². The molecule has 1 unspecified atom stereocenters.